The van der Waals surface area contributed by atoms with E-state index >= 15 is 0 Å². The molecule has 0 spiro atoms. The van der Waals surface area contributed by atoms with Crippen LogP contribution in [0.2, 0.25) is 0 Å². The van der Waals surface area contributed by atoms with Crippen molar-refractivity contribution in [2.45, 2.75) is 18.9 Å². The fourth-order valence-electron chi connectivity index (χ4n) is 4.33. The molecule has 2 bridgehead atoms. The van der Waals surface area contributed by atoms with E-state index in [0.717, 1.165) is 17.7 Å². The van der Waals surface area contributed by atoms with Gasteiger partial charge in [0.1, 0.15) is 5.69 Å². The zero-order valence-corrected chi connectivity index (χ0v) is 14.7. The molecule has 3 aromatic rings. The molecule has 7 heteroatoms. The number of piperidine rings is 1. The van der Waals surface area contributed by atoms with E-state index in [1.165, 1.54) is 0 Å². The molecule has 3 aromatic heterocycles. The number of aromatic nitrogens is 4. The summed E-state index contributed by atoms with van der Waals surface area (Å²) in [6.45, 7) is 1.97. The Hall–Kier alpha value is -3.22. The maximum Gasteiger partial charge on any atom is 0.271 e. The smallest absolute Gasteiger partial charge is 0.271 e. The van der Waals surface area contributed by atoms with Gasteiger partial charge in [-0.05, 0) is 36.6 Å². The van der Waals surface area contributed by atoms with Crippen LogP contribution in [-0.4, -0.2) is 43.6 Å². The molecule has 2 aliphatic heterocycles. The Kier molecular flexibility index (Phi) is 3.67. The van der Waals surface area contributed by atoms with Gasteiger partial charge in [0.15, 0.2) is 0 Å². The maximum absolute atomic E-state index is 13.0. The standard InChI is InChI=1S/C20H19N5O2/c26-19-5-1-4-18-15-7-13(11-25(18)19)10-24(12-15)20(27)17-8-16(22-23-17)14-3-2-6-21-9-14/h1-6,8-9,13,15H,7,10-12H2,(H,22,23)/t13-,15+/m0/s1. The molecule has 0 aliphatic carbocycles. The molecule has 136 valence electrons. The van der Waals surface area contributed by atoms with Gasteiger partial charge in [0.25, 0.3) is 11.5 Å². The third-order valence-electron chi connectivity index (χ3n) is 5.53. The number of H-pyrrole nitrogens is 1. The first-order chi connectivity index (χ1) is 13.2. The Morgan fingerprint density at radius 1 is 1.15 bits per heavy atom. The van der Waals surface area contributed by atoms with Crippen molar-refractivity contribution in [3.05, 3.63) is 70.5 Å². The predicted octanol–water partition coefficient (Wildman–Crippen LogP) is 1.89. The molecule has 0 unspecified atom stereocenters. The molecule has 2 atom stereocenters. The topological polar surface area (TPSA) is 83.9 Å². The van der Waals surface area contributed by atoms with Gasteiger partial charge in [-0.1, -0.05) is 6.07 Å². The monoisotopic (exact) mass is 361 g/mol. The molecule has 7 nitrogen and oxygen atoms in total. The fraction of sp³-hybridized carbons (Fsp3) is 0.300. The molecule has 0 radical (unpaired) electrons. The van der Waals surface area contributed by atoms with Crippen molar-refractivity contribution < 1.29 is 4.79 Å². The normalized spacial score (nSPS) is 21.0. The third-order valence-corrected chi connectivity index (χ3v) is 5.53. The molecular weight excluding hydrogens is 342 g/mol. The van der Waals surface area contributed by atoms with Gasteiger partial charge >= 0.3 is 0 Å². The Labute approximate surface area is 155 Å². The SMILES string of the molecule is O=C(c1cc(-c2cccnc2)n[nH]1)N1C[C@@H]2C[C@H](C1)c1cccc(=O)n1C2. The second kappa shape index (κ2) is 6.19. The molecular formula is C20H19N5O2. The van der Waals surface area contributed by atoms with Gasteiger partial charge in [0, 0.05) is 55.3 Å². The van der Waals surface area contributed by atoms with Crippen molar-refractivity contribution >= 4 is 5.91 Å². The molecule has 1 fully saturated rings. The first-order valence-corrected chi connectivity index (χ1v) is 9.14. The van der Waals surface area contributed by atoms with Crippen molar-refractivity contribution in [2.24, 2.45) is 5.92 Å². The van der Waals surface area contributed by atoms with E-state index in [-0.39, 0.29) is 17.4 Å². The summed E-state index contributed by atoms with van der Waals surface area (Å²) in [5.41, 5.74) is 3.16. The number of aromatic amines is 1. The first-order valence-electron chi connectivity index (χ1n) is 9.14. The number of hydrogen-bond acceptors (Lipinski definition) is 4. The van der Waals surface area contributed by atoms with Gasteiger partial charge in [0.2, 0.25) is 0 Å². The summed E-state index contributed by atoms with van der Waals surface area (Å²) in [5.74, 6) is 0.469. The number of carbonyl (C=O) groups excluding carboxylic acids is 1. The highest BCUT2D eigenvalue weighted by molar-refractivity contribution is 5.93. The summed E-state index contributed by atoms with van der Waals surface area (Å²) in [7, 11) is 0. The van der Waals surface area contributed by atoms with Crippen LogP contribution in [0, 0.1) is 5.92 Å². The highest BCUT2D eigenvalue weighted by Crippen LogP contribution is 2.35. The van der Waals surface area contributed by atoms with Gasteiger partial charge in [0.05, 0.1) is 5.69 Å². The van der Waals surface area contributed by atoms with Crippen LogP contribution < -0.4 is 5.56 Å². The molecule has 1 N–H and O–H groups in total. The van der Waals surface area contributed by atoms with Gasteiger partial charge in [-0.25, -0.2) is 0 Å². The Balaban J connectivity index is 1.40. The van der Waals surface area contributed by atoms with Crippen LogP contribution in [0.25, 0.3) is 11.3 Å². The van der Waals surface area contributed by atoms with Gasteiger partial charge in [-0.2, -0.15) is 5.10 Å². The highest BCUT2D eigenvalue weighted by Gasteiger charge is 2.36. The average Bonchev–Trinajstić information content (AvgIpc) is 3.19. The predicted molar refractivity (Wildman–Crippen MR) is 99.3 cm³/mol. The van der Waals surface area contributed by atoms with Crippen LogP contribution in [0.15, 0.2) is 53.6 Å². The number of rotatable bonds is 2. The Bertz CT molecular complexity index is 1060. The van der Waals surface area contributed by atoms with E-state index in [1.54, 1.807) is 24.5 Å². The lowest BCUT2D eigenvalue weighted by atomic mass is 9.83. The lowest BCUT2D eigenvalue weighted by molar-refractivity contribution is 0.0588. The number of likely N-dealkylation sites (tertiary alicyclic amines) is 1. The van der Waals surface area contributed by atoms with Crippen LogP contribution in [0.5, 0.6) is 0 Å². The molecule has 27 heavy (non-hydrogen) atoms. The molecule has 5 rings (SSSR count). The number of nitrogens with one attached hydrogen (secondary N) is 1. The van der Waals surface area contributed by atoms with Gasteiger partial charge in [-0.3, -0.25) is 19.7 Å². The number of pyridine rings is 2. The number of fused-ring (bicyclic) bond motifs is 4. The Morgan fingerprint density at radius 2 is 2.07 bits per heavy atom. The minimum absolute atomic E-state index is 0.0425. The van der Waals surface area contributed by atoms with E-state index < -0.39 is 0 Å². The number of hydrogen-bond donors (Lipinski definition) is 1. The van der Waals surface area contributed by atoms with Crippen LogP contribution in [0.3, 0.4) is 0 Å². The summed E-state index contributed by atoms with van der Waals surface area (Å²) in [4.78, 5) is 31.1. The average molecular weight is 361 g/mol. The zero-order valence-electron chi connectivity index (χ0n) is 14.7. The van der Waals surface area contributed by atoms with Crippen molar-refractivity contribution in [2.75, 3.05) is 13.1 Å². The van der Waals surface area contributed by atoms with E-state index in [9.17, 15) is 9.59 Å². The Morgan fingerprint density at radius 3 is 2.93 bits per heavy atom. The first kappa shape index (κ1) is 16.0. The van der Waals surface area contributed by atoms with Crippen LogP contribution in [-0.2, 0) is 6.54 Å². The van der Waals surface area contributed by atoms with E-state index in [0.29, 0.717) is 36.9 Å². The zero-order chi connectivity index (χ0) is 18.4. The minimum Gasteiger partial charge on any atom is -0.336 e. The summed E-state index contributed by atoms with van der Waals surface area (Å²) in [5, 5.41) is 7.14. The fourth-order valence-corrected chi connectivity index (χ4v) is 4.33. The van der Waals surface area contributed by atoms with Gasteiger partial charge in [-0.15, -0.1) is 0 Å². The van der Waals surface area contributed by atoms with E-state index in [4.69, 9.17) is 0 Å². The molecule has 2 aliphatic rings. The summed E-state index contributed by atoms with van der Waals surface area (Å²) in [6, 6.07) is 11.0. The van der Waals surface area contributed by atoms with Crippen LogP contribution >= 0.6 is 0 Å². The van der Waals surface area contributed by atoms with Crippen molar-refractivity contribution in [3.63, 3.8) is 0 Å². The summed E-state index contributed by atoms with van der Waals surface area (Å²) >= 11 is 0. The van der Waals surface area contributed by atoms with Crippen LogP contribution in [0.1, 0.15) is 28.5 Å². The lowest BCUT2D eigenvalue weighted by Gasteiger charge is -2.42. The minimum atomic E-state index is -0.0425. The number of carbonyl (C=O) groups is 1. The third kappa shape index (κ3) is 2.75. The van der Waals surface area contributed by atoms with Gasteiger partial charge < -0.3 is 9.47 Å². The van der Waals surface area contributed by atoms with Crippen molar-refractivity contribution in [1.29, 1.82) is 0 Å². The highest BCUT2D eigenvalue weighted by atomic mass is 16.2. The van der Waals surface area contributed by atoms with E-state index in [2.05, 4.69) is 15.2 Å². The van der Waals surface area contributed by atoms with Crippen LogP contribution in [0.4, 0.5) is 0 Å². The number of amides is 1. The molecule has 1 amide bonds. The maximum atomic E-state index is 13.0. The largest absolute Gasteiger partial charge is 0.336 e. The summed E-state index contributed by atoms with van der Waals surface area (Å²) < 4.78 is 1.87. The molecule has 0 saturated carbocycles. The quantitative estimate of drug-likeness (QED) is 0.755. The molecule has 5 heterocycles. The molecule has 1 saturated heterocycles. The molecule has 0 aromatic carbocycles. The van der Waals surface area contributed by atoms with Crippen molar-refractivity contribution in [1.82, 2.24) is 24.6 Å². The lowest BCUT2D eigenvalue weighted by Crippen LogP contribution is -2.49. The van der Waals surface area contributed by atoms with E-state index in [1.807, 2.05) is 33.7 Å². The summed E-state index contributed by atoms with van der Waals surface area (Å²) in [6.07, 6.45) is 4.46. The van der Waals surface area contributed by atoms with Crippen molar-refractivity contribution in [3.8, 4) is 11.3 Å². The second-order valence-corrected chi connectivity index (χ2v) is 7.32. The second-order valence-electron chi connectivity index (χ2n) is 7.32. The number of nitrogens with zero attached hydrogens (tertiary/aromatic N) is 4.